The van der Waals surface area contributed by atoms with Gasteiger partial charge < -0.3 is 16.8 Å². The summed E-state index contributed by atoms with van der Waals surface area (Å²) in [6.45, 7) is 4.72. The quantitative estimate of drug-likeness (QED) is 0.507. The van der Waals surface area contributed by atoms with Crippen molar-refractivity contribution in [2.45, 2.75) is 58.4 Å². The first-order chi connectivity index (χ1) is 8.47. The van der Waals surface area contributed by atoms with Crippen LogP contribution in [0.15, 0.2) is 0 Å². The second kappa shape index (κ2) is 9.88. The van der Waals surface area contributed by atoms with Crippen LogP contribution in [0.5, 0.6) is 0 Å². The lowest BCUT2D eigenvalue weighted by Crippen LogP contribution is -2.45. The molecule has 0 radical (unpaired) electrons. The number of unbranched alkanes of at least 4 members (excludes halogenated alkanes) is 2. The van der Waals surface area contributed by atoms with Gasteiger partial charge in [-0.05, 0) is 25.3 Å². The van der Waals surface area contributed by atoms with Gasteiger partial charge in [-0.3, -0.25) is 9.59 Å². The monoisotopic (exact) mass is 257 g/mol. The first-order valence-corrected chi connectivity index (χ1v) is 6.76. The average Bonchev–Trinajstić information content (AvgIpc) is 2.27. The largest absolute Gasteiger partial charge is 0.368 e. The highest BCUT2D eigenvalue weighted by Gasteiger charge is 2.16. The van der Waals surface area contributed by atoms with Gasteiger partial charge >= 0.3 is 0 Å². The Morgan fingerprint density at radius 2 is 1.78 bits per heavy atom. The molecule has 0 saturated carbocycles. The van der Waals surface area contributed by atoms with E-state index in [4.69, 9.17) is 11.5 Å². The van der Waals surface area contributed by atoms with Crippen LogP contribution in [0.2, 0.25) is 0 Å². The SMILES string of the molecule is CC(C)CCCCCC(=O)N[C@H](CCN)C(N)=O. The van der Waals surface area contributed by atoms with E-state index in [0.29, 0.717) is 25.3 Å². The molecule has 0 spiro atoms. The van der Waals surface area contributed by atoms with E-state index in [1.807, 2.05) is 0 Å². The summed E-state index contributed by atoms with van der Waals surface area (Å²) in [5.74, 6) is 0.0769. The zero-order valence-corrected chi connectivity index (χ0v) is 11.6. The lowest BCUT2D eigenvalue weighted by Gasteiger charge is -2.14. The Kier molecular flexibility index (Phi) is 9.28. The molecule has 1 atom stereocenters. The fraction of sp³-hybridized carbons (Fsp3) is 0.846. The second-order valence-corrected chi connectivity index (χ2v) is 5.09. The van der Waals surface area contributed by atoms with Crippen molar-refractivity contribution < 1.29 is 9.59 Å². The molecule has 5 N–H and O–H groups in total. The van der Waals surface area contributed by atoms with Crippen molar-refractivity contribution >= 4 is 11.8 Å². The van der Waals surface area contributed by atoms with Crippen LogP contribution in [0.1, 0.15) is 52.4 Å². The van der Waals surface area contributed by atoms with E-state index in [-0.39, 0.29) is 5.91 Å². The minimum atomic E-state index is -0.627. The van der Waals surface area contributed by atoms with Crippen molar-refractivity contribution in [2.75, 3.05) is 6.54 Å². The third-order valence-electron chi connectivity index (χ3n) is 2.82. The molecule has 0 aliphatic rings. The first-order valence-electron chi connectivity index (χ1n) is 6.76. The summed E-state index contributed by atoms with van der Waals surface area (Å²) in [7, 11) is 0. The highest BCUT2D eigenvalue weighted by molar-refractivity contribution is 5.86. The van der Waals surface area contributed by atoms with E-state index in [9.17, 15) is 9.59 Å². The molecular weight excluding hydrogens is 230 g/mol. The van der Waals surface area contributed by atoms with Crippen molar-refractivity contribution in [1.82, 2.24) is 5.32 Å². The van der Waals surface area contributed by atoms with Gasteiger partial charge in [0.05, 0.1) is 0 Å². The number of hydrogen-bond donors (Lipinski definition) is 3. The topological polar surface area (TPSA) is 98.2 Å². The van der Waals surface area contributed by atoms with Crippen LogP contribution in [-0.2, 0) is 9.59 Å². The summed E-state index contributed by atoms with van der Waals surface area (Å²) in [6.07, 6.45) is 5.09. The Morgan fingerprint density at radius 3 is 2.28 bits per heavy atom. The molecule has 0 heterocycles. The van der Waals surface area contributed by atoms with Crippen LogP contribution in [0.4, 0.5) is 0 Å². The van der Waals surface area contributed by atoms with Gasteiger partial charge in [0.25, 0.3) is 0 Å². The van der Waals surface area contributed by atoms with E-state index in [2.05, 4.69) is 19.2 Å². The molecule has 5 heteroatoms. The Morgan fingerprint density at radius 1 is 1.11 bits per heavy atom. The minimum Gasteiger partial charge on any atom is -0.368 e. The van der Waals surface area contributed by atoms with Crippen molar-refractivity contribution in [1.29, 1.82) is 0 Å². The average molecular weight is 257 g/mol. The molecule has 0 bridgehead atoms. The summed E-state index contributed by atoms with van der Waals surface area (Å²) in [5, 5.41) is 2.62. The van der Waals surface area contributed by atoms with Crippen LogP contribution >= 0.6 is 0 Å². The fourth-order valence-electron chi connectivity index (χ4n) is 1.73. The van der Waals surface area contributed by atoms with E-state index in [1.54, 1.807) is 0 Å². The minimum absolute atomic E-state index is 0.114. The molecule has 0 aliphatic carbocycles. The van der Waals surface area contributed by atoms with Gasteiger partial charge in [-0.1, -0.05) is 33.1 Å². The standard InChI is InChI=1S/C13H27N3O2/c1-10(2)6-4-3-5-7-12(17)16-11(8-9-14)13(15)18/h10-11H,3-9,14H2,1-2H3,(H2,15,18)(H,16,17)/t11-/m1/s1. The predicted octanol–water partition coefficient (Wildman–Crippen LogP) is 0.912. The third-order valence-corrected chi connectivity index (χ3v) is 2.82. The Bertz CT molecular complexity index is 255. The number of primary amides is 1. The molecule has 5 nitrogen and oxygen atoms in total. The van der Waals surface area contributed by atoms with Gasteiger partial charge in [0.1, 0.15) is 6.04 Å². The smallest absolute Gasteiger partial charge is 0.240 e. The van der Waals surface area contributed by atoms with Gasteiger partial charge in [0.15, 0.2) is 0 Å². The molecular formula is C13H27N3O2. The maximum atomic E-state index is 11.6. The molecule has 106 valence electrons. The Balaban J connectivity index is 3.71. The molecule has 0 aromatic carbocycles. The summed E-state index contributed by atoms with van der Waals surface area (Å²) in [6, 6.07) is -0.627. The van der Waals surface area contributed by atoms with Crippen LogP contribution in [0.3, 0.4) is 0 Å². The zero-order chi connectivity index (χ0) is 14.0. The number of carbonyl (C=O) groups is 2. The molecule has 0 aliphatic heterocycles. The normalized spacial score (nSPS) is 12.4. The molecule has 0 unspecified atom stereocenters. The molecule has 0 saturated heterocycles. The van der Waals surface area contributed by atoms with Crippen LogP contribution in [0, 0.1) is 5.92 Å². The maximum Gasteiger partial charge on any atom is 0.240 e. The number of nitrogens with two attached hydrogens (primary N) is 2. The molecule has 0 rings (SSSR count). The van der Waals surface area contributed by atoms with E-state index in [1.165, 1.54) is 6.42 Å². The molecule has 0 aromatic rings. The maximum absolute atomic E-state index is 11.6. The molecule has 2 amide bonds. The Labute approximate surface area is 110 Å². The number of rotatable bonds is 10. The van der Waals surface area contributed by atoms with Gasteiger partial charge in [0.2, 0.25) is 11.8 Å². The summed E-state index contributed by atoms with van der Waals surface area (Å²) >= 11 is 0. The molecule has 0 fully saturated rings. The number of nitrogens with one attached hydrogen (secondary N) is 1. The first kappa shape index (κ1) is 16.9. The second-order valence-electron chi connectivity index (χ2n) is 5.09. The number of amides is 2. The van der Waals surface area contributed by atoms with Crippen LogP contribution in [-0.4, -0.2) is 24.4 Å². The van der Waals surface area contributed by atoms with Crippen molar-refractivity contribution in [3.63, 3.8) is 0 Å². The zero-order valence-electron chi connectivity index (χ0n) is 11.6. The van der Waals surface area contributed by atoms with Crippen LogP contribution in [0.25, 0.3) is 0 Å². The van der Waals surface area contributed by atoms with E-state index in [0.717, 1.165) is 19.3 Å². The van der Waals surface area contributed by atoms with E-state index < -0.39 is 11.9 Å². The van der Waals surface area contributed by atoms with Crippen LogP contribution < -0.4 is 16.8 Å². The lowest BCUT2D eigenvalue weighted by atomic mass is 10.0. The van der Waals surface area contributed by atoms with Gasteiger partial charge in [-0.25, -0.2) is 0 Å². The fourth-order valence-corrected chi connectivity index (χ4v) is 1.73. The highest BCUT2D eigenvalue weighted by atomic mass is 16.2. The summed E-state index contributed by atoms with van der Waals surface area (Å²) in [4.78, 5) is 22.6. The highest BCUT2D eigenvalue weighted by Crippen LogP contribution is 2.09. The summed E-state index contributed by atoms with van der Waals surface area (Å²) in [5.41, 5.74) is 10.5. The number of hydrogen-bond acceptors (Lipinski definition) is 3. The van der Waals surface area contributed by atoms with Crippen molar-refractivity contribution in [3.05, 3.63) is 0 Å². The summed E-state index contributed by atoms with van der Waals surface area (Å²) < 4.78 is 0. The van der Waals surface area contributed by atoms with Crippen molar-refractivity contribution in [3.8, 4) is 0 Å². The van der Waals surface area contributed by atoms with Crippen molar-refractivity contribution in [2.24, 2.45) is 17.4 Å². The predicted molar refractivity (Wildman–Crippen MR) is 72.7 cm³/mol. The molecule has 0 aromatic heterocycles. The number of carbonyl (C=O) groups excluding carboxylic acids is 2. The van der Waals surface area contributed by atoms with Gasteiger partial charge in [-0.2, -0.15) is 0 Å². The van der Waals surface area contributed by atoms with E-state index >= 15 is 0 Å². The Hall–Kier alpha value is -1.10. The molecule has 18 heavy (non-hydrogen) atoms. The lowest BCUT2D eigenvalue weighted by molar-refractivity contribution is -0.127. The third kappa shape index (κ3) is 8.98. The van der Waals surface area contributed by atoms with Gasteiger partial charge in [-0.15, -0.1) is 0 Å². The van der Waals surface area contributed by atoms with Gasteiger partial charge in [0, 0.05) is 6.42 Å².